The van der Waals surface area contributed by atoms with Gasteiger partial charge in [-0.15, -0.1) is 0 Å². The zero-order valence-electron chi connectivity index (χ0n) is 11.7. The Morgan fingerprint density at radius 3 is 2.32 bits per heavy atom. The van der Waals surface area contributed by atoms with Crippen molar-refractivity contribution in [1.82, 2.24) is 0 Å². The molecule has 2 aliphatic carbocycles. The van der Waals surface area contributed by atoms with Crippen LogP contribution in [0.2, 0.25) is 0 Å². The Kier molecular flexibility index (Phi) is 4.35. The summed E-state index contributed by atoms with van der Waals surface area (Å²) >= 11 is 0. The molecule has 0 bridgehead atoms. The van der Waals surface area contributed by atoms with E-state index in [4.69, 9.17) is 5.73 Å². The average Bonchev–Trinajstić information content (AvgIpc) is 2.38. The van der Waals surface area contributed by atoms with Crippen LogP contribution in [-0.4, -0.2) is 31.2 Å². The highest BCUT2D eigenvalue weighted by atomic mass is 32.2. The highest BCUT2D eigenvalue weighted by Gasteiger charge is 2.42. The number of rotatable bonds is 3. The molecule has 0 aromatic carbocycles. The number of ketones is 1. The summed E-state index contributed by atoms with van der Waals surface area (Å²) in [6, 6.07) is 0. The number of nitrogens with two attached hydrogens (primary N) is 1. The number of carbonyl (C=O) groups excluding carboxylic acids is 1. The van der Waals surface area contributed by atoms with Crippen molar-refractivity contribution in [3.05, 3.63) is 0 Å². The molecule has 0 saturated heterocycles. The molecule has 19 heavy (non-hydrogen) atoms. The molecule has 0 aromatic rings. The molecule has 2 unspecified atom stereocenters. The molecule has 5 heteroatoms. The lowest BCUT2D eigenvalue weighted by Crippen LogP contribution is -2.53. The zero-order valence-corrected chi connectivity index (χ0v) is 12.5. The fourth-order valence-corrected chi connectivity index (χ4v) is 4.78. The first-order valence-corrected chi connectivity index (χ1v) is 9.30. The molecule has 0 aromatic heterocycles. The van der Waals surface area contributed by atoms with Gasteiger partial charge in [0.05, 0.1) is 10.8 Å². The van der Waals surface area contributed by atoms with Gasteiger partial charge in [-0.3, -0.25) is 4.79 Å². The Bertz CT molecular complexity index is 438. The normalized spacial score (nSPS) is 31.9. The predicted molar refractivity (Wildman–Crippen MR) is 75.6 cm³/mol. The minimum absolute atomic E-state index is 0.126. The fourth-order valence-electron chi connectivity index (χ4n) is 3.61. The molecule has 2 N–H and O–H groups in total. The van der Waals surface area contributed by atoms with Crippen LogP contribution in [0.3, 0.4) is 0 Å². The van der Waals surface area contributed by atoms with E-state index in [2.05, 4.69) is 0 Å². The van der Waals surface area contributed by atoms with Crippen LogP contribution in [0.15, 0.2) is 0 Å². The van der Waals surface area contributed by atoms with Crippen LogP contribution < -0.4 is 5.73 Å². The van der Waals surface area contributed by atoms with Crippen LogP contribution >= 0.6 is 0 Å². The van der Waals surface area contributed by atoms with Crippen LogP contribution in [0.4, 0.5) is 0 Å². The number of sulfone groups is 1. The molecule has 0 amide bonds. The number of carbonyl (C=O) groups is 1. The summed E-state index contributed by atoms with van der Waals surface area (Å²) in [5, 5.41) is -0.345. The van der Waals surface area contributed by atoms with Crippen LogP contribution in [-0.2, 0) is 14.6 Å². The molecule has 2 atom stereocenters. The lowest BCUT2D eigenvalue weighted by Gasteiger charge is -2.37. The molecule has 4 nitrogen and oxygen atoms in total. The van der Waals surface area contributed by atoms with E-state index in [0.29, 0.717) is 12.8 Å². The SMILES string of the molecule is CS(=O)(=O)C1CCCC(C(=O)C2(N)CCCCC2)C1. The third-order valence-electron chi connectivity index (χ3n) is 4.84. The molecule has 2 aliphatic rings. The first-order valence-electron chi connectivity index (χ1n) is 7.35. The van der Waals surface area contributed by atoms with Gasteiger partial charge >= 0.3 is 0 Å². The summed E-state index contributed by atoms with van der Waals surface area (Å²) in [7, 11) is -3.04. The molecule has 0 heterocycles. The Hall–Kier alpha value is -0.420. The first kappa shape index (κ1) is 15.0. The highest BCUT2D eigenvalue weighted by molar-refractivity contribution is 7.91. The quantitative estimate of drug-likeness (QED) is 0.859. The predicted octanol–water partition coefficient (Wildman–Crippen LogP) is 1.82. The summed E-state index contributed by atoms with van der Waals surface area (Å²) in [4.78, 5) is 12.6. The highest BCUT2D eigenvalue weighted by Crippen LogP contribution is 2.35. The summed E-state index contributed by atoms with van der Waals surface area (Å²) in [6.07, 6.45) is 8.82. The maximum atomic E-state index is 12.6. The van der Waals surface area contributed by atoms with Crippen molar-refractivity contribution in [2.24, 2.45) is 11.7 Å². The number of hydrogen-bond acceptors (Lipinski definition) is 4. The van der Waals surface area contributed by atoms with Gasteiger partial charge in [-0.2, -0.15) is 0 Å². The molecule has 0 radical (unpaired) electrons. The second-order valence-electron chi connectivity index (χ2n) is 6.40. The summed E-state index contributed by atoms with van der Waals surface area (Å²) in [6.45, 7) is 0. The molecular weight excluding hydrogens is 262 g/mol. The number of Topliss-reactive ketones (excluding diaryl/α,β-unsaturated/α-hetero) is 1. The van der Waals surface area contributed by atoms with Crippen molar-refractivity contribution in [3.63, 3.8) is 0 Å². The van der Waals surface area contributed by atoms with Crippen LogP contribution in [0.5, 0.6) is 0 Å². The van der Waals surface area contributed by atoms with Gasteiger partial charge < -0.3 is 5.73 Å². The number of hydrogen-bond donors (Lipinski definition) is 1. The molecule has 0 spiro atoms. The van der Waals surface area contributed by atoms with Gasteiger partial charge in [0.2, 0.25) is 0 Å². The largest absolute Gasteiger partial charge is 0.319 e. The van der Waals surface area contributed by atoms with Crippen molar-refractivity contribution >= 4 is 15.6 Å². The Morgan fingerprint density at radius 2 is 1.74 bits per heavy atom. The summed E-state index contributed by atoms with van der Waals surface area (Å²) in [5.41, 5.74) is 5.61. The molecule has 2 fully saturated rings. The van der Waals surface area contributed by atoms with Crippen LogP contribution in [0.1, 0.15) is 57.8 Å². The first-order chi connectivity index (χ1) is 8.83. The molecular formula is C14H25NO3S. The van der Waals surface area contributed by atoms with Crippen molar-refractivity contribution in [3.8, 4) is 0 Å². The van der Waals surface area contributed by atoms with E-state index < -0.39 is 15.4 Å². The summed E-state index contributed by atoms with van der Waals surface area (Å²) in [5.74, 6) is -0.0166. The van der Waals surface area contributed by atoms with E-state index in [-0.39, 0.29) is 17.0 Å². The summed E-state index contributed by atoms with van der Waals surface area (Å²) < 4.78 is 23.3. The third kappa shape index (κ3) is 3.37. The standard InChI is InChI=1S/C14H25NO3S/c1-19(17,18)12-7-5-6-11(10-12)13(16)14(15)8-3-2-4-9-14/h11-12H,2-10,15H2,1H3. The molecule has 110 valence electrons. The Balaban J connectivity index is 2.06. The van der Waals surface area contributed by atoms with Crippen molar-refractivity contribution < 1.29 is 13.2 Å². The maximum Gasteiger partial charge on any atom is 0.155 e. The van der Waals surface area contributed by atoms with Crippen molar-refractivity contribution in [1.29, 1.82) is 0 Å². The van der Waals surface area contributed by atoms with Gasteiger partial charge in [0.1, 0.15) is 9.84 Å². The topological polar surface area (TPSA) is 77.2 Å². The maximum absolute atomic E-state index is 12.6. The van der Waals surface area contributed by atoms with E-state index in [1.165, 1.54) is 6.26 Å². The molecule has 0 aliphatic heterocycles. The minimum Gasteiger partial charge on any atom is -0.319 e. The van der Waals surface area contributed by atoms with Crippen LogP contribution in [0, 0.1) is 5.92 Å². The van der Waals surface area contributed by atoms with Crippen molar-refractivity contribution in [2.75, 3.05) is 6.26 Å². The van der Waals surface area contributed by atoms with Crippen LogP contribution in [0.25, 0.3) is 0 Å². The van der Waals surface area contributed by atoms with Gasteiger partial charge in [-0.25, -0.2) is 8.42 Å². The van der Waals surface area contributed by atoms with Gasteiger partial charge in [0, 0.05) is 12.2 Å². The van der Waals surface area contributed by atoms with Gasteiger partial charge in [-0.1, -0.05) is 25.7 Å². The van der Waals surface area contributed by atoms with E-state index in [1.54, 1.807) is 0 Å². The monoisotopic (exact) mass is 287 g/mol. The van der Waals surface area contributed by atoms with Gasteiger partial charge in [0.15, 0.2) is 5.78 Å². The fraction of sp³-hybridized carbons (Fsp3) is 0.929. The third-order valence-corrected chi connectivity index (χ3v) is 6.48. The smallest absolute Gasteiger partial charge is 0.155 e. The zero-order chi connectivity index (χ0) is 14.1. The lowest BCUT2D eigenvalue weighted by atomic mass is 9.72. The Morgan fingerprint density at radius 1 is 1.11 bits per heavy atom. The lowest BCUT2D eigenvalue weighted by molar-refractivity contribution is -0.130. The van der Waals surface area contributed by atoms with E-state index in [0.717, 1.165) is 44.9 Å². The Labute approximate surface area is 116 Å². The van der Waals surface area contributed by atoms with E-state index in [9.17, 15) is 13.2 Å². The van der Waals surface area contributed by atoms with E-state index >= 15 is 0 Å². The molecule has 2 saturated carbocycles. The average molecular weight is 287 g/mol. The second-order valence-corrected chi connectivity index (χ2v) is 8.72. The van der Waals surface area contributed by atoms with E-state index in [1.807, 2.05) is 0 Å². The second kappa shape index (κ2) is 5.52. The molecule has 2 rings (SSSR count). The minimum atomic E-state index is -3.04. The van der Waals surface area contributed by atoms with Gasteiger partial charge in [0.25, 0.3) is 0 Å². The van der Waals surface area contributed by atoms with Gasteiger partial charge in [-0.05, 0) is 32.1 Å². The van der Waals surface area contributed by atoms with Crippen molar-refractivity contribution in [2.45, 2.75) is 68.6 Å².